The number of benzene rings is 2. The lowest BCUT2D eigenvalue weighted by Crippen LogP contribution is -2.28. The molecular formula is C20H25NO4S. The van der Waals surface area contributed by atoms with Gasteiger partial charge < -0.3 is 9.47 Å². The zero-order chi connectivity index (χ0) is 19.2. The van der Waals surface area contributed by atoms with Gasteiger partial charge in [0.15, 0.2) is 11.5 Å². The van der Waals surface area contributed by atoms with Crippen LogP contribution in [0.2, 0.25) is 0 Å². The molecule has 0 radical (unpaired) electrons. The van der Waals surface area contributed by atoms with Crippen LogP contribution in [0, 0.1) is 34.6 Å². The maximum absolute atomic E-state index is 13.1. The first-order valence-corrected chi connectivity index (χ1v) is 10.1. The Kier molecular flexibility index (Phi) is 4.75. The van der Waals surface area contributed by atoms with Gasteiger partial charge in [0, 0.05) is 6.04 Å². The zero-order valence-electron chi connectivity index (χ0n) is 16.1. The van der Waals surface area contributed by atoms with Crippen LogP contribution in [0.15, 0.2) is 23.1 Å². The van der Waals surface area contributed by atoms with Crippen molar-refractivity contribution in [1.29, 1.82) is 0 Å². The Labute approximate surface area is 155 Å². The minimum absolute atomic E-state index is 0.194. The quantitative estimate of drug-likeness (QED) is 0.877. The van der Waals surface area contributed by atoms with E-state index in [1.54, 1.807) is 6.07 Å². The van der Waals surface area contributed by atoms with Crippen LogP contribution in [0.25, 0.3) is 0 Å². The normalized spacial score (nSPS) is 14.5. The molecule has 6 heteroatoms. The Morgan fingerprint density at radius 2 is 1.42 bits per heavy atom. The second-order valence-corrected chi connectivity index (χ2v) is 8.56. The number of rotatable bonds is 4. The van der Waals surface area contributed by atoms with Crippen molar-refractivity contribution < 1.29 is 17.9 Å². The highest BCUT2D eigenvalue weighted by atomic mass is 32.2. The fourth-order valence-electron chi connectivity index (χ4n) is 3.41. The van der Waals surface area contributed by atoms with E-state index in [-0.39, 0.29) is 6.79 Å². The van der Waals surface area contributed by atoms with E-state index in [1.165, 1.54) is 0 Å². The molecule has 0 saturated carbocycles. The molecule has 0 fully saturated rings. The predicted molar refractivity (Wildman–Crippen MR) is 101 cm³/mol. The van der Waals surface area contributed by atoms with Crippen LogP contribution in [0.5, 0.6) is 11.5 Å². The number of hydrogen-bond acceptors (Lipinski definition) is 4. The molecule has 26 heavy (non-hydrogen) atoms. The number of ether oxygens (including phenoxy) is 2. The molecule has 0 aromatic heterocycles. The van der Waals surface area contributed by atoms with Gasteiger partial charge in [-0.1, -0.05) is 6.07 Å². The lowest BCUT2D eigenvalue weighted by Gasteiger charge is -2.21. The average molecular weight is 375 g/mol. The van der Waals surface area contributed by atoms with E-state index in [4.69, 9.17) is 9.47 Å². The third-order valence-corrected chi connectivity index (χ3v) is 7.24. The van der Waals surface area contributed by atoms with Crippen molar-refractivity contribution in [2.45, 2.75) is 52.5 Å². The lowest BCUT2D eigenvalue weighted by atomic mass is 9.95. The molecule has 0 unspecified atom stereocenters. The standard InChI is InChI=1S/C20H25NO4S/c1-11-12(2)14(4)20(15(5)13(11)3)26(22,23)21-16(6)17-7-8-18-19(9-17)25-10-24-18/h7-9,16,21H,10H2,1-6H3/t16-/m0/s1. The molecule has 1 aliphatic rings. The molecule has 0 saturated heterocycles. The van der Waals surface area contributed by atoms with E-state index in [2.05, 4.69) is 4.72 Å². The van der Waals surface area contributed by atoms with Crippen molar-refractivity contribution in [2.75, 3.05) is 6.79 Å². The molecule has 0 aliphatic carbocycles. The topological polar surface area (TPSA) is 64.6 Å². The summed E-state index contributed by atoms with van der Waals surface area (Å²) in [4.78, 5) is 0.380. The Hall–Kier alpha value is -2.05. The highest BCUT2D eigenvalue weighted by molar-refractivity contribution is 7.89. The molecule has 1 atom stereocenters. The van der Waals surface area contributed by atoms with Crippen LogP contribution in [0.4, 0.5) is 0 Å². The summed E-state index contributed by atoms with van der Waals surface area (Å²) in [6.45, 7) is 11.7. The van der Waals surface area contributed by atoms with Gasteiger partial charge in [-0.3, -0.25) is 0 Å². The molecule has 140 valence electrons. The van der Waals surface area contributed by atoms with E-state index in [9.17, 15) is 8.42 Å². The van der Waals surface area contributed by atoms with Crippen LogP contribution in [-0.2, 0) is 10.0 Å². The van der Waals surface area contributed by atoms with Crippen LogP contribution in [-0.4, -0.2) is 15.2 Å². The Morgan fingerprint density at radius 1 is 0.885 bits per heavy atom. The van der Waals surface area contributed by atoms with Crippen molar-refractivity contribution in [3.05, 3.63) is 51.6 Å². The van der Waals surface area contributed by atoms with Gasteiger partial charge in [-0.2, -0.15) is 0 Å². The van der Waals surface area contributed by atoms with Crippen molar-refractivity contribution in [3.8, 4) is 11.5 Å². The van der Waals surface area contributed by atoms with Crippen molar-refractivity contribution in [3.63, 3.8) is 0 Å². The summed E-state index contributed by atoms with van der Waals surface area (Å²) >= 11 is 0. The lowest BCUT2D eigenvalue weighted by molar-refractivity contribution is 0.174. The van der Waals surface area contributed by atoms with Gasteiger partial charge >= 0.3 is 0 Å². The highest BCUT2D eigenvalue weighted by Gasteiger charge is 2.26. The molecule has 1 heterocycles. The minimum Gasteiger partial charge on any atom is -0.454 e. The predicted octanol–water partition coefficient (Wildman–Crippen LogP) is 4.00. The van der Waals surface area contributed by atoms with Crippen LogP contribution >= 0.6 is 0 Å². The number of nitrogens with one attached hydrogen (secondary N) is 1. The summed E-state index contributed by atoms with van der Waals surface area (Å²) in [5, 5.41) is 0. The SMILES string of the molecule is Cc1c(C)c(C)c(S(=O)(=O)N[C@@H](C)c2ccc3c(c2)OCO3)c(C)c1C. The Bertz CT molecular complexity index is 951. The molecule has 0 amide bonds. The zero-order valence-corrected chi connectivity index (χ0v) is 16.9. The van der Waals surface area contributed by atoms with Gasteiger partial charge in [0.25, 0.3) is 0 Å². The van der Waals surface area contributed by atoms with Gasteiger partial charge in [0.2, 0.25) is 16.8 Å². The summed E-state index contributed by atoms with van der Waals surface area (Å²) in [5.74, 6) is 1.32. The van der Waals surface area contributed by atoms with E-state index < -0.39 is 16.1 Å². The second kappa shape index (κ2) is 6.59. The Balaban J connectivity index is 1.97. The third kappa shape index (κ3) is 3.08. The first-order chi connectivity index (χ1) is 12.1. The Morgan fingerprint density at radius 3 is 2.04 bits per heavy atom. The number of fused-ring (bicyclic) bond motifs is 1. The van der Waals surface area contributed by atoms with E-state index in [0.717, 1.165) is 33.4 Å². The first-order valence-electron chi connectivity index (χ1n) is 8.62. The largest absolute Gasteiger partial charge is 0.454 e. The van der Waals surface area contributed by atoms with Gasteiger partial charge in [-0.25, -0.2) is 13.1 Å². The average Bonchev–Trinajstić information content (AvgIpc) is 3.05. The summed E-state index contributed by atoms with van der Waals surface area (Å²) in [6, 6.07) is 5.08. The van der Waals surface area contributed by atoms with Crippen LogP contribution in [0.1, 0.15) is 46.3 Å². The monoisotopic (exact) mass is 375 g/mol. The molecule has 2 aromatic carbocycles. The molecule has 1 aliphatic heterocycles. The molecule has 0 spiro atoms. The summed E-state index contributed by atoms with van der Waals surface area (Å²) in [5.41, 5.74) is 5.61. The van der Waals surface area contributed by atoms with Crippen LogP contribution < -0.4 is 14.2 Å². The second-order valence-electron chi connectivity index (χ2n) is 6.91. The maximum atomic E-state index is 13.1. The van der Waals surface area contributed by atoms with E-state index in [0.29, 0.717) is 16.4 Å². The van der Waals surface area contributed by atoms with Gasteiger partial charge in [0.1, 0.15) is 0 Å². The molecule has 0 bridgehead atoms. The molecule has 1 N–H and O–H groups in total. The highest BCUT2D eigenvalue weighted by Crippen LogP contribution is 2.35. The summed E-state index contributed by atoms with van der Waals surface area (Å²) in [7, 11) is -3.67. The minimum atomic E-state index is -3.67. The van der Waals surface area contributed by atoms with Gasteiger partial charge in [-0.15, -0.1) is 0 Å². The molecule has 2 aromatic rings. The van der Waals surface area contributed by atoms with Crippen molar-refractivity contribution in [2.24, 2.45) is 0 Å². The molecular weight excluding hydrogens is 350 g/mol. The number of sulfonamides is 1. The van der Waals surface area contributed by atoms with Crippen LogP contribution in [0.3, 0.4) is 0 Å². The number of hydrogen-bond donors (Lipinski definition) is 1. The van der Waals surface area contributed by atoms with Crippen molar-refractivity contribution in [1.82, 2.24) is 4.72 Å². The molecule has 5 nitrogen and oxygen atoms in total. The van der Waals surface area contributed by atoms with Gasteiger partial charge in [0.05, 0.1) is 4.90 Å². The van der Waals surface area contributed by atoms with E-state index in [1.807, 2.05) is 53.7 Å². The van der Waals surface area contributed by atoms with E-state index >= 15 is 0 Å². The smallest absolute Gasteiger partial charge is 0.241 e. The fraction of sp³-hybridized carbons (Fsp3) is 0.400. The summed E-state index contributed by atoms with van der Waals surface area (Å²) < 4.78 is 39.8. The fourth-order valence-corrected chi connectivity index (χ4v) is 5.24. The maximum Gasteiger partial charge on any atom is 0.241 e. The first kappa shape index (κ1) is 18.7. The van der Waals surface area contributed by atoms with Gasteiger partial charge in [-0.05, 0) is 87.1 Å². The molecule has 3 rings (SSSR count). The summed E-state index contributed by atoms with van der Waals surface area (Å²) in [6.07, 6.45) is 0. The third-order valence-electron chi connectivity index (χ3n) is 5.43. The van der Waals surface area contributed by atoms with Crippen molar-refractivity contribution >= 4 is 10.0 Å².